The van der Waals surface area contributed by atoms with Gasteiger partial charge in [-0.3, -0.25) is 9.56 Å². The Bertz CT molecular complexity index is 1060. The second-order valence-corrected chi connectivity index (χ2v) is 7.79. The van der Waals surface area contributed by atoms with Gasteiger partial charge in [-0.05, 0) is 49.0 Å². The summed E-state index contributed by atoms with van der Waals surface area (Å²) in [5.74, 6) is -0.978. The molecule has 1 atom stereocenters. The van der Waals surface area contributed by atoms with Gasteiger partial charge >= 0.3 is 5.97 Å². The van der Waals surface area contributed by atoms with Gasteiger partial charge in [0.05, 0.1) is 18.5 Å². The maximum atomic E-state index is 13.0. The molecule has 0 aliphatic carbocycles. The van der Waals surface area contributed by atoms with Crippen molar-refractivity contribution >= 4 is 41.4 Å². The molecule has 29 heavy (non-hydrogen) atoms. The van der Waals surface area contributed by atoms with Crippen LogP contribution in [0.5, 0.6) is 5.88 Å². The standard InChI is InChI=1S/C21H19FN2O3S2/c1-2-27-20(26)17(12-14-6-4-3-5-7-14)24-19(25)18(29-21(24)28)13-23-16-10-8-15(22)9-11-16/h3-11,13,17,25H,2,12H2,1H3/t17-/m0/s1. The van der Waals surface area contributed by atoms with Crippen molar-refractivity contribution in [2.75, 3.05) is 6.61 Å². The first-order valence-electron chi connectivity index (χ1n) is 8.94. The second-order valence-electron chi connectivity index (χ2n) is 6.12. The van der Waals surface area contributed by atoms with Crippen LogP contribution in [0.1, 0.15) is 23.4 Å². The van der Waals surface area contributed by atoms with Crippen molar-refractivity contribution in [2.45, 2.75) is 19.4 Å². The van der Waals surface area contributed by atoms with Gasteiger partial charge in [0.15, 0.2) is 3.95 Å². The number of nitrogens with zero attached hydrogens (tertiary/aromatic N) is 2. The van der Waals surface area contributed by atoms with Crippen molar-refractivity contribution in [3.8, 4) is 5.88 Å². The third-order valence-corrected chi connectivity index (χ3v) is 5.47. The highest BCUT2D eigenvalue weighted by Crippen LogP contribution is 2.31. The molecule has 2 aromatic carbocycles. The lowest BCUT2D eigenvalue weighted by atomic mass is 10.1. The second kappa shape index (κ2) is 9.58. The Morgan fingerprint density at radius 2 is 1.97 bits per heavy atom. The Morgan fingerprint density at radius 3 is 2.62 bits per heavy atom. The van der Waals surface area contributed by atoms with E-state index in [1.165, 1.54) is 35.0 Å². The van der Waals surface area contributed by atoms with Gasteiger partial charge in [-0.25, -0.2) is 9.18 Å². The van der Waals surface area contributed by atoms with Crippen molar-refractivity contribution in [3.05, 3.63) is 74.8 Å². The number of aliphatic imine (C=N–C) groups is 1. The molecule has 0 aliphatic heterocycles. The summed E-state index contributed by atoms with van der Waals surface area (Å²) in [6.45, 7) is 1.95. The van der Waals surface area contributed by atoms with Gasteiger partial charge in [-0.1, -0.05) is 41.7 Å². The SMILES string of the molecule is CCOC(=O)[C@H](Cc1ccccc1)n1c(O)c(C=Nc2ccc(F)cc2)sc1=S. The van der Waals surface area contributed by atoms with E-state index in [0.29, 0.717) is 20.9 Å². The summed E-state index contributed by atoms with van der Waals surface area (Å²) in [5.41, 5.74) is 1.45. The molecule has 5 nitrogen and oxygen atoms in total. The molecule has 1 heterocycles. The van der Waals surface area contributed by atoms with Crippen molar-refractivity contribution in [3.63, 3.8) is 0 Å². The average molecular weight is 431 g/mol. The molecule has 150 valence electrons. The van der Waals surface area contributed by atoms with Crippen LogP contribution in [0.25, 0.3) is 0 Å². The maximum Gasteiger partial charge on any atom is 0.329 e. The van der Waals surface area contributed by atoms with Crippen molar-refractivity contribution in [1.82, 2.24) is 4.57 Å². The topological polar surface area (TPSA) is 63.8 Å². The molecular formula is C21H19FN2O3S2. The number of ether oxygens (including phenoxy) is 1. The van der Waals surface area contributed by atoms with E-state index in [2.05, 4.69) is 4.99 Å². The molecule has 0 saturated carbocycles. The van der Waals surface area contributed by atoms with Crippen LogP contribution in [0.15, 0.2) is 59.6 Å². The van der Waals surface area contributed by atoms with Gasteiger partial charge in [0.2, 0.25) is 5.88 Å². The molecule has 0 spiro atoms. The van der Waals surface area contributed by atoms with Crippen LogP contribution in [0, 0.1) is 9.77 Å². The number of carbonyl (C=O) groups is 1. The highest BCUT2D eigenvalue weighted by molar-refractivity contribution is 7.73. The Balaban J connectivity index is 1.94. The minimum absolute atomic E-state index is 0.153. The number of esters is 1. The lowest BCUT2D eigenvalue weighted by Gasteiger charge is -2.18. The van der Waals surface area contributed by atoms with Gasteiger partial charge in [0.1, 0.15) is 16.7 Å². The summed E-state index contributed by atoms with van der Waals surface area (Å²) in [4.78, 5) is 17.3. The van der Waals surface area contributed by atoms with E-state index < -0.39 is 12.0 Å². The molecule has 0 saturated heterocycles. The molecule has 0 amide bonds. The fourth-order valence-electron chi connectivity index (χ4n) is 2.77. The number of aromatic nitrogens is 1. The van der Waals surface area contributed by atoms with Gasteiger partial charge in [-0.2, -0.15) is 0 Å². The molecule has 1 aromatic heterocycles. The first-order chi connectivity index (χ1) is 14.0. The van der Waals surface area contributed by atoms with Gasteiger partial charge in [0, 0.05) is 6.42 Å². The normalized spacial score (nSPS) is 12.2. The Morgan fingerprint density at radius 1 is 1.28 bits per heavy atom. The molecular weight excluding hydrogens is 411 g/mol. The Hall–Kier alpha value is -2.84. The summed E-state index contributed by atoms with van der Waals surface area (Å²) in [6, 6.07) is 14.3. The van der Waals surface area contributed by atoms with E-state index in [-0.39, 0.29) is 18.3 Å². The largest absolute Gasteiger partial charge is 0.493 e. The molecule has 0 fully saturated rings. The maximum absolute atomic E-state index is 13.0. The van der Waals surface area contributed by atoms with Crippen LogP contribution in [0.2, 0.25) is 0 Å². The van der Waals surface area contributed by atoms with Gasteiger partial charge < -0.3 is 9.84 Å². The number of hydrogen-bond donors (Lipinski definition) is 1. The fraction of sp³-hybridized carbons (Fsp3) is 0.190. The van der Waals surface area contributed by atoms with Gasteiger partial charge in [-0.15, -0.1) is 0 Å². The van der Waals surface area contributed by atoms with E-state index in [4.69, 9.17) is 17.0 Å². The van der Waals surface area contributed by atoms with E-state index in [9.17, 15) is 14.3 Å². The number of thiazole rings is 1. The fourth-order valence-corrected chi connectivity index (χ4v) is 4.05. The number of hydrogen-bond acceptors (Lipinski definition) is 6. The quantitative estimate of drug-likeness (QED) is 0.317. The zero-order valence-electron chi connectivity index (χ0n) is 15.6. The molecule has 0 bridgehead atoms. The molecule has 8 heteroatoms. The summed E-state index contributed by atoms with van der Waals surface area (Å²) < 4.78 is 20.0. The third-order valence-electron chi connectivity index (χ3n) is 4.14. The highest BCUT2D eigenvalue weighted by atomic mass is 32.1. The minimum atomic E-state index is -0.797. The predicted molar refractivity (Wildman–Crippen MR) is 114 cm³/mol. The number of benzene rings is 2. The van der Waals surface area contributed by atoms with Crippen LogP contribution < -0.4 is 0 Å². The monoisotopic (exact) mass is 430 g/mol. The molecule has 0 radical (unpaired) electrons. The third kappa shape index (κ3) is 5.16. The van der Waals surface area contributed by atoms with Crippen molar-refractivity contribution in [2.24, 2.45) is 4.99 Å². The first-order valence-corrected chi connectivity index (χ1v) is 10.2. The van der Waals surface area contributed by atoms with Crippen LogP contribution >= 0.6 is 23.6 Å². The van der Waals surface area contributed by atoms with E-state index in [1.54, 1.807) is 6.92 Å². The Kier molecular flexibility index (Phi) is 6.90. The lowest BCUT2D eigenvalue weighted by Crippen LogP contribution is -2.24. The average Bonchev–Trinajstić information content (AvgIpc) is 3.00. The molecule has 0 aliphatic rings. The Labute approximate surface area is 176 Å². The number of carbonyl (C=O) groups excluding carboxylic acids is 1. The summed E-state index contributed by atoms with van der Waals surface area (Å²) >= 11 is 6.54. The summed E-state index contributed by atoms with van der Waals surface area (Å²) in [6.07, 6.45) is 1.77. The number of aromatic hydroxyl groups is 1. The van der Waals surface area contributed by atoms with E-state index >= 15 is 0 Å². The minimum Gasteiger partial charge on any atom is -0.493 e. The number of rotatable bonds is 7. The van der Waals surface area contributed by atoms with E-state index in [1.807, 2.05) is 30.3 Å². The zero-order valence-corrected chi connectivity index (χ0v) is 17.3. The van der Waals surface area contributed by atoms with Crippen molar-refractivity contribution < 1.29 is 19.0 Å². The predicted octanol–water partition coefficient (Wildman–Crippen LogP) is 5.22. The molecule has 1 N–H and O–H groups in total. The first kappa shape index (κ1) is 20.9. The smallest absolute Gasteiger partial charge is 0.329 e. The molecule has 3 rings (SSSR count). The van der Waals surface area contributed by atoms with Crippen molar-refractivity contribution in [1.29, 1.82) is 0 Å². The van der Waals surface area contributed by atoms with E-state index in [0.717, 1.165) is 16.9 Å². The van der Waals surface area contributed by atoms with Gasteiger partial charge in [0.25, 0.3) is 0 Å². The zero-order chi connectivity index (χ0) is 20.8. The number of halogens is 1. The molecule has 0 unspecified atom stereocenters. The summed E-state index contributed by atoms with van der Waals surface area (Å²) in [7, 11) is 0. The van der Waals surface area contributed by atoms with Crippen LogP contribution in [-0.4, -0.2) is 28.5 Å². The van der Waals surface area contributed by atoms with Crippen LogP contribution in [0.3, 0.4) is 0 Å². The summed E-state index contributed by atoms with van der Waals surface area (Å²) in [5, 5.41) is 10.7. The molecule has 3 aromatic rings. The lowest BCUT2D eigenvalue weighted by molar-refractivity contribution is -0.147. The van der Waals surface area contributed by atoms with Crippen LogP contribution in [0.4, 0.5) is 10.1 Å². The highest BCUT2D eigenvalue weighted by Gasteiger charge is 2.27. The van der Waals surface area contributed by atoms with Crippen LogP contribution in [-0.2, 0) is 16.0 Å².